The molecule has 9 heteroatoms. The summed E-state index contributed by atoms with van der Waals surface area (Å²) in [4.78, 5) is 27.2. The Morgan fingerprint density at radius 1 is 1.18 bits per heavy atom. The summed E-state index contributed by atoms with van der Waals surface area (Å²) < 4.78 is 0. The van der Waals surface area contributed by atoms with E-state index in [1.165, 1.54) is 0 Å². The van der Waals surface area contributed by atoms with Gasteiger partial charge in [-0.15, -0.1) is 0 Å². The molecule has 0 radical (unpaired) electrons. The summed E-state index contributed by atoms with van der Waals surface area (Å²) in [5, 5.41) is 18.8. The van der Waals surface area contributed by atoms with E-state index in [1.54, 1.807) is 6.20 Å². The SMILES string of the molecule is Cc1cc(-c2cn[nH]c2-c2ccc(Cl)cc2)nc2cc(NC(=O)CN(C)C)ccc12.O=CO. The summed E-state index contributed by atoms with van der Waals surface area (Å²) in [6, 6.07) is 15.4. The molecule has 3 N–H and O–H groups in total. The van der Waals surface area contributed by atoms with Gasteiger partial charge in [0.2, 0.25) is 5.91 Å². The van der Waals surface area contributed by atoms with Crippen LogP contribution in [0, 0.1) is 6.92 Å². The molecule has 0 bridgehead atoms. The molecule has 2 heterocycles. The summed E-state index contributed by atoms with van der Waals surface area (Å²) in [6.07, 6.45) is 1.78. The molecule has 8 nitrogen and oxygen atoms in total. The molecule has 33 heavy (non-hydrogen) atoms. The van der Waals surface area contributed by atoms with E-state index < -0.39 is 0 Å². The molecule has 0 saturated heterocycles. The van der Waals surface area contributed by atoms with Crippen LogP contribution in [0.3, 0.4) is 0 Å². The molecule has 0 atom stereocenters. The van der Waals surface area contributed by atoms with E-state index >= 15 is 0 Å². The quantitative estimate of drug-likeness (QED) is 0.375. The van der Waals surface area contributed by atoms with Crippen LogP contribution in [0.25, 0.3) is 33.4 Å². The highest BCUT2D eigenvalue weighted by molar-refractivity contribution is 6.30. The van der Waals surface area contributed by atoms with Crippen LogP contribution in [0.15, 0.2) is 54.7 Å². The minimum Gasteiger partial charge on any atom is -0.483 e. The van der Waals surface area contributed by atoms with Gasteiger partial charge in [-0.2, -0.15) is 5.10 Å². The van der Waals surface area contributed by atoms with Gasteiger partial charge in [-0.25, -0.2) is 4.98 Å². The van der Waals surface area contributed by atoms with Crippen LogP contribution >= 0.6 is 11.6 Å². The number of hydrogen-bond donors (Lipinski definition) is 3. The lowest BCUT2D eigenvalue weighted by atomic mass is 10.0. The third kappa shape index (κ3) is 5.94. The Hall–Kier alpha value is -3.75. The molecule has 0 aliphatic carbocycles. The molecule has 0 spiro atoms. The topological polar surface area (TPSA) is 111 Å². The molecule has 4 aromatic rings. The number of aromatic amines is 1. The fourth-order valence-corrected chi connectivity index (χ4v) is 3.55. The van der Waals surface area contributed by atoms with Gasteiger partial charge in [0.1, 0.15) is 0 Å². The first-order valence-corrected chi connectivity index (χ1v) is 10.4. The number of benzene rings is 2. The lowest BCUT2D eigenvalue weighted by Crippen LogP contribution is -2.27. The maximum absolute atomic E-state index is 12.1. The number of carbonyl (C=O) groups excluding carboxylic acids is 1. The number of hydrogen-bond acceptors (Lipinski definition) is 5. The van der Waals surface area contributed by atoms with E-state index in [9.17, 15) is 4.79 Å². The molecule has 0 aliphatic rings. The third-order valence-corrected chi connectivity index (χ3v) is 5.06. The van der Waals surface area contributed by atoms with Crippen molar-refractivity contribution in [1.29, 1.82) is 0 Å². The van der Waals surface area contributed by atoms with Crippen molar-refractivity contribution in [2.45, 2.75) is 6.92 Å². The molecule has 4 rings (SSSR count). The first-order valence-electron chi connectivity index (χ1n) is 10.1. The number of nitrogens with zero attached hydrogens (tertiary/aromatic N) is 3. The number of anilines is 1. The fraction of sp³-hybridized carbons (Fsp3) is 0.167. The number of fused-ring (bicyclic) bond motifs is 1. The predicted octanol–water partition coefficient (Wildman–Crippen LogP) is 4.45. The lowest BCUT2D eigenvalue weighted by Gasteiger charge is -2.12. The second-order valence-corrected chi connectivity index (χ2v) is 8.05. The number of likely N-dealkylation sites (N-methyl/N-ethyl adjacent to an activating group) is 1. The molecular formula is C24H24ClN5O3. The molecular weight excluding hydrogens is 442 g/mol. The number of halogens is 1. The normalized spacial score (nSPS) is 10.6. The van der Waals surface area contributed by atoms with Crippen LogP contribution in [0.1, 0.15) is 5.56 Å². The van der Waals surface area contributed by atoms with E-state index in [0.29, 0.717) is 11.6 Å². The first kappa shape index (κ1) is 23.9. The highest BCUT2D eigenvalue weighted by Crippen LogP contribution is 2.32. The zero-order chi connectivity index (χ0) is 24.0. The Bertz CT molecular complexity index is 1270. The van der Waals surface area contributed by atoms with Gasteiger partial charge >= 0.3 is 0 Å². The maximum atomic E-state index is 12.1. The van der Waals surface area contributed by atoms with Gasteiger partial charge in [0.15, 0.2) is 0 Å². The van der Waals surface area contributed by atoms with Crippen molar-refractivity contribution in [3.8, 4) is 22.5 Å². The van der Waals surface area contributed by atoms with Crippen molar-refractivity contribution in [3.05, 3.63) is 65.3 Å². The number of carboxylic acid groups (broad SMARTS) is 1. The Kier molecular flexibility index (Phi) is 7.76. The van der Waals surface area contributed by atoms with Gasteiger partial charge in [-0.05, 0) is 56.9 Å². The van der Waals surface area contributed by atoms with Crippen molar-refractivity contribution in [3.63, 3.8) is 0 Å². The Morgan fingerprint density at radius 3 is 2.55 bits per heavy atom. The largest absolute Gasteiger partial charge is 0.483 e. The van der Waals surface area contributed by atoms with Crippen molar-refractivity contribution in [1.82, 2.24) is 20.1 Å². The first-order chi connectivity index (χ1) is 15.8. The van der Waals surface area contributed by atoms with Gasteiger partial charge in [0.25, 0.3) is 6.47 Å². The number of rotatable bonds is 5. The maximum Gasteiger partial charge on any atom is 0.290 e. The van der Waals surface area contributed by atoms with Crippen LogP contribution in [-0.2, 0) is 9.59 Å². The molecule has 2 aromatic carbocycles. The van der Waals surface area contributed by atoms with E-state index in [4.69, 9.17) is 26.5 Å². The number of aromatic nitrogens is 3. The summed E-state index contributed by atoms with van der Waals surface area (Å²) in [6.45, 7) is 2.13. The molecule has 2 aromatic heterocycles. The predicted molar refractivity (Wildman–Crippen MR) is 130 cm³/mol. The van der Waals surface area contributed by atoms with E-state index in [-0.39, 0.29) is 12.4 Å². The number of nitrogens with one attached hydrogen (secondary N) is 2. The van der Waals surface area contributed by atoms with Gasteiger partial charge in [-0.3, -0.25) is 14.7 Å². The van der Waals surface area contributed by atoms with Crippen LogP contribution in [0.5, 0.6) is 0 Å². The highest BCUT2D eigenvalue weighted by atomic mass is 35.5. The monoisotopic (exact) mass is 465 g/mol. The standard InChI is InChI=1S/C23H22ClN5O.CH2O2/c1-14-10-20(19-12-25-28-23(19)15-4-6-16(24)7-5-15)27-21-11-17(8-9-18(14)21)26-22(30)13-29(2)3;2-1-3/h4-12H,13H2,1-3H3,(H,25,28)(H,26,30);1H,(H,2,3). The van der Waals surface area contributed by atoms with Crippen molar-refractivity contribution < 1.29 is 14.7 Å². The smallest absolute Gasteiger partial charge is 0.290 e. The summed E-state index contributed by atoms with van der Waals surface area (Å²) in [7, 11) is 3.72. The Labute approximate surface area is 196 Å². The van der Waals surface area contributed by atoms with E-state index in [2.05, 4.69) is 28.5 Å². The fourth-order valence-electron chi connectivity index (χ4n) is 3.42. The van der Waals surface area contributed by atoms with Crippen molar-refractivity contribution >= 4 is 40.6 Å². The van der Waals surface area contributed by atoms with Crippen molar-refractivity contribution in [2.75, 3.05) is 26.0 Å². The van der Waals surface area contributed by atoms with Gasteiger partial charge in [0, 0.05) is 27.2 Å². The second-order valence-electron chi connectivity index (χ2n) is 7.61. The summed E-state index contributed by atoms with van der Waals surface area (Å²) in [5.74, 6) is -0.0629. The number of H-pyrrole nitrogens is 1. The van der Waals surface area contributed by atoms with Gasteiger partial charge in [-0.1, -0.05) is 29.8 Å². The molecule has 1 amide bonds. The van der Waals surface area contributed by atoms with Crippen LogP contribution < -0.4 is 5.32 Å². The number of aryl methyl sites for hydroxylation is 1. The van der Waals surface area contributed by atoms with Crippen molar-refractivity contribution in [2.24, 2.45) is 0 Å². The van der Waals surface area contributed by atoms with E-state index in [1.807, 2.05) is 61.5 Å². The highest BCUT2D eigenvalue weighted by Gasteiger charge is 2.14. The number of amides is 1. The molecule has 0 unspecified atom stereocenters. The zero-order valence-corrected chi connectivity index (χ0v) is 19.2. The second kappa shape index (κ2) is 10.7. The molecule has 170 valence electrons. The Balaban J connectivity index is 0.000000968. The average molecular weight is 466 g/mol. The van der Waals surface area contributed by atoms with E-state index in [0.717, 1.165) is 44.7 Å². The van der Waals surface area contributed by atoms with Crippen LogP contribution in [0.4, 0.5) is 5.69 Å². The Morgan fingerprint density at radius 2 is 1.88 bits per heavy atom. The number of pyridine rings is 1. The lowest BCUT2D eigenvalue weighted by molar-refractivity contribution is -0.123. The molecule has 0 aliphatic heterocycles. The molecule has 0 fully saturated rings. The average Bonchev–Trinajstić information content (AvgIpc) is 3.24. The third-order valence-electron chi connectivity index (χ3n) is 4.81. The summed E-state index contributed by atoms with van der Waals surface area (Å²) >= 11 is 6.02. The van der Waals surface area contributed by atoms with Crippen LogP contribution in [0.2, 0.25) is 5.02 Å². The number of carbonyl (C=O) groups is 2. The zero-order valence-electron chi connectivity index (χ0n) is 18.5. The summed E-state index contributed by atoms with van der Waals surface area (Å²) in [5.41, 5.74) is 6.23. The minimum atomic E-state index is -0.250. The molecule has 0 saturated carbocycles. The van der Waals surface area contributed by atoms with Gasteiger partial charge in [0.05, 0.1) is 29.6 Å². The van der Waals surface area contributed by atoms with Gasteiger partial charge < -0.3 is 15.3 Å². The minimum absolute atomic E-state index is 0.0629. The van der Waals surface area contributed by atoms with Crippen LogP contribution in [-0.4, -0.2) is 58.2 Å².